The molecule has 94 valence electrons. The number of alkyl halides is 2. The van der Waals surface area contributed by atoms with Crippen LogP contribution in [0.1, 0.15) is 17.6 Å². The fourth-order valence-electron chi connectivity index (χ4n) is 1.36. The van der Waals surface area contributed by atoms with Gasteiger partial charge in [0.15, 0.2) is 0 Å². The van der Waals surface area contributed by atoms with E-state index in [1.165, 1.54) is 6.07 Å². The first-order valence-electron chi connectivity index (χ1n) is 4.61. The molecule has 4 nitrogen and oxygen atoms in total. The highest BCUT2D eigenvalue weighted by Gasteiger charge is 2.22. The number of benzene rings is 1. The molecule has 1 atom stereocenters. The van der Waals surface area contributed by atoms with E-state index in [2.05, 4.69) is 0 Å². The molecule has 0 radical (unpaired) electrons. The Balaban J connectivity index is 3.16. The molecular formula is C10H10ClF2NO3. The van der Waals surface area contributed by atoms with Gasteiger partial charge in [0, 0.05) is 5.56 Å². The maximum atomic E-state index is 12.7. The van der Waals surface area contributed by atoms with Crippen molar-refractivity contribution in [1.82, 2.24) is 0 Å². The van der Waals surface area contributed by atoms with Crippen molar-refractivity contribution in [2.75, 3.05) is 0 Å². The number of aromatic hydroxyl groups is 1. The highest BCUT2D eigenvalue weighted by Crippen LogP contribution is 2.36. The van der Waals surface area contributed by atoms with Gasteiger partial charge < -0.3 is 15.9 Å². The van der Waals surface area contributed by atoms with E-state index in [0.29, 0.717) is 0 Å². The van der Waals surface area contributed by atoms with E-state index in [9.17, 15) is 18.7 Å². The van der Waals surface area contributed by atoms with Crippen LogP contribution in [-0.4, -0.2) is 22.2 Å². The van der Waals surface area contributed by atoms with Crippen LogP contribution in [0.3, 0.4) is 0 Å². The lowest BCUT2D eigenvalue weighted by Crippen LogP contribution is -2.32. The van der Waals surface area contributed by atoms with Crippen molar-refractivity contribution < 1.29 is 23.8 Å². The molecule has 4 N–H and O–H groups in total. The van der Waals surface area contributed by atoms with Gasteiger partial charge in [-0.1, -0.05) is 17.7 Å². The number of aliphatic carboxylic acids is 1. The number of nitrogens with two attached hydrogens (primary N) is 1. The maximum Gasteiger partial charge on any atom is 0.320 e. The van der Waals surface area contributed by atoms with E-state index >= 15 is 0 Å². The number of carbonyl (C=O) groups is 1. The number of rotatable bonds is 4. The number of carboxylic acid groups (broad SMARTS) is 1. The Morgan fingerprint density at radius 2 is 2.06 bits per heavy atom. The van der Waals surface area contributed by atoms with Crippen molar-refractivity contribution in [3.05, 3.63) is 28.3 Å². The third kappa shape index (κ3) is 3.04. The van der Waals surface area contributed by atoms with Gasteiger partial charge in [-0.3, -0.25) is 4.79 Å². The molecule has 0 unspecified atom stereocenters. The van der Waals surface area contributed by atoms with Crippen molar-refractivity contribution in [2.24, 2.45) is 5.73 Å². The third-order valence-corrected chi connectivity index (χ3v) is 2.62. The van der Waals surface area contributed by atoms with Crippen LogP contribution in [0.2, 0.25) is 5.02 Å². The van der Waals surface area contributed by atoms with E-state index in [1.54, 1.807) is 0 Å². The van der Waals surface area contributed by atoms with Crippen LogP contribution in [0.25, 0.3) is 0 Å². The number of carboxylic acids is 1. The lowest BCUT2D eigenvalue weighted by molar-refractivity contribution is -0.138. The molecule has 0 aromatic heterocycles. The van der Waals surface area contributed by atoms with Crippen LogP contribution >= 0.6 is 11.6 Å². The number of phenols is 1. The summed E-state index contributed by atoms with van der Waals surface area (Å²) in [6.45, 7) is 0. The van der Waals surface area contributed by atoms with E-state index in [0.717, 1.165) is 6.07 Å². The molecule has 1 aromatic rings. The van der Waals surface area contributed by atoms with E-state index in [1.807, 2.05) is 0 Å². The van der Waals surface area contributed by atoms with Crippen molar-refractivity contribution in [1.29, 1.82) is 0 Å². The van der Waals surface area contributed by atoms with Gasteiger partial charge >= 0.3 is 5.97 Å². The van der Waals surface area contributed by atoms with E-state index < -0.39 is 34.8 Å². The second kappa shape index (κ2) is 5.29. The Hall–Kier alpha value is -1.40. The lowest BCUT2D eigenvalue weighted by atomic mass is 10.0. The number of hydrogen-bond donors (Lipinski definition) is 3. The molecule has 0 amide bonds. The van der Waals surface area contributed by atoms with Gasteiger partial charge in [-0.05, 0) is 18.1 Å². The molecule has 1 aromatic carbocycles. The second-order valence-corrected chi connectivity index (χ2v) is 3.80. The Kier molecular flexibility index (Phi) is 4.25. The normalized spacial score (nSPS) is 12.8. The standard InChI is InChI=1S/C10H10ClF2NO3/c11-8-6(15)2-1-4(7(8)9(12)13)3-5(14)10(16)17/h1-2,5,9,15H,3,14H2,(H,16,17)/t5-/m0/s1. The molecule has 1 rings (SSSR count). The van der Waals surface area contributed by atoms with Gasteiger partial charge in [0.05, 0.1) is 5.02 Å². The minimum atomic E-state index is -2.91. The number of halogens is 3. The summed E-state index contributed by atoms with van der Waals surface area (Å²) in [5.74, 6) is -1.77. The first-order chi connectivity index (χ1) is 7.84. The van der Waals surface area contributed by atoms with Gasteiger partial charge in [0.25, 0.3) is 6.43 Å². The molecule has 0 aliphatic carbocycles. The Morgan fingerprint density at radius 1 is 1.47 bits per heavy atom. The molecule has 17 heavy (non-hydrogen) atoms. The van der Waals surface area contributed by atoms with Gasteiger partial charge in [-0.2, -0.15) is 0 Å². The zero-order valence-electron chi connectivity index (χ0n) is 8.53. The summed E-state index contributed by atoms with van der Waals surface area (Å²) >= 11 is 5.54. The summed E-state index contributed by atoms with van der Waals surface area (Å²) < 4.78 is 25.5. The first kappa shape index (κ1) is 13.7. The quantitative estimate of drug-likeness (QED) is 0.777. The summed E-state index contributed by atoms with van der Waals surface area (Å²) in [6, 6.07) is 1.01. The molecule has 0 heterocycles. The molecule has 0 aliphatic rings. The largest absolute Gasteiger partial charge is 0.506 e. The van der Waals surface area contributed by atoms with Crippen LogP contribution in [0.4, 0.5) is 8.78 Å². The molecule has 0 bridgehead atoms. The topological polar surface area (TPSA) is 83.5 Å². The molecule has 0 saturated carbocycles. The van der Waals surface area contributed by atoms with Crippen LogP contribution in [-0.2, 0) is 11.2 Å². The first-order valence-corrected chi connectivity index (χ1v) is 4.99. The predicted molar refractivity (Wildman–Crippen MR) is 57.4 cm³/mol. The molecule has 7 heteroatoms. The average molecular weight is 266 g/mol. The summed E-state index contributed by atoms with van der Waals surface area (Å²) in [5, 5.41) is 17.3. The minimum absolute atomic E-state index is 0.0118. The van der Waals surface area contributed by atoms with Gasteiger partial charge in [0.1, 0.15) is 11.8 Å². The van der Waals surface area contributed by atoms with E-state index in [4.69, 9.17) is 22.4 Å². The molecule has 0 aliphatic heterocycles. The molecular weight excluding hydrogens is 256 g/mol. The summed E-state index contributed by atoms with van der Waals surface area (Å²) in [7, 11) is 0. The van der Waals surface area contributed by atoms with Crippen molar-refractivity contribution >= 4 is 17.6 Å². The van der Waals surface area contributed by atoms with Gasteiger partial charge in [0.2, 0.25) is 0 Å². The fourth-order valence-corrected chi connectivity index (χ4v) is 1.63. The Bertz CT molecular complexity index is 440. The molecule has 0 saturated heterocycles. The highest BCUT2D eigenvalue weighted by molar-refractivity contribution is 6.32. The smallest absolute Gasteiger partial charge is 0.320 e. The minimum Gasteiger partial charge on any atom is -0.506 e. The Labute approximate surface area is 101 Å². The second-order valence-electron chi connectivity index (χ2n) is 3.42. The van der Waals surface area contributed by atoms with Crippen molar-refractivity contribution in [3.63, 3.8) is 0 Å². The van der Waals surface area contributed by atoms with Crippen LogP contribution < -0.4 is 5.73 Å². The zero-order valence-corrected chi connectivity index (χ0v) is 9.29. The number of hydrogen-bond acceptors (Lipinski definition) is 3. The SMILES string of the molecule is N[C@@H](Cc1ccc(O)c(Cl)c1C(F)F)C(=O)O. The summed E-state index contributed by atoms with van der Waals surface area (Å²) in [4.78, 5) is 10.5. The van der Waals surface area contributed by atoms with Crippen molar-refractivity contribution in [2.45, 2.75) is 18.9 Å². The number of phenolic OH excluding ortho intramolecular Hbond substituents is 1. The van der Waals surface area contributed by atoms with Crippen molar-refractivity contribution in [3.8, 4) is 5.75 Å². The average Bonchev–Trinajstić information content (AvgIpc) is 2.22. The summed E-state index contributed by atoms with van der Waals surface area (Å²) in [5.41, 5.74) is 4.69. The summed E-state index contributed by atoms with van der Waals surface area (Å²) in [6.07, 6.45) is -3.19. The third-order valence-electron chi connectivity index (χ3n) is 2.22. The van der Waals surface area contributed by atoms with Crippen LogP contribution in [0, 0.1) is 0 Å². The fraction of sp³-hybridized carbons (Fsp3) is 0.300. The molecule has 0 fully saturated rings. The highest BCUT2D eigenvalue weighted by atomic mass is 35.5. The van der Waals surface area contributed by atoms with Gasteiger partial charge in [-0.15, -0.1) is 0 Å². The zero-order chi connectivity index (χ0) is 13.2. The Morgan fingerprint density at radius 3 is 2.53 bits per heavy atom. The van der Waals surface area contributed by atoms with E-state index in [-0.39, 0.29) is 12.0 Å². The monoisotopic (exact) mass is 265 g/mol. The van der Waals surface area contributed by atoms with Gasteiger partial charge in [-0.25, -0.2) is 8.78 Å². The molecule has 0 spiro atoms. The maximum absolute atomic E-state index is 12.7. The van der Waals surface area contributed by atoms with Crippen LogP contribution in [0.5, 0.6) is 5.75 Å². The lowest BCUT2D eigenvalue weighted by Gasteiger charge is -2.13. The van der Waals surface area contributed by atoms with Crippen LogP contribution in [0.15, 0.2) is 12.1 Å². The predicted octanol–water partition coefficient (Wildman–Crippen LogP) is 1.94.